The molecule has 2 aromatic heterocycles. The van der Waals surface area contributed by atoms with E-state index in [9.17, 15) is 23.1 Å². The van der Waals surface area contributed by atoms with Gasteiger partial charge in [-0.2, -0.15) is 13.2 Å². The van der Waals surface area contributed by atoms with Gasteiger partial charge in [-0.05, 0) is 67.8 Å². The highest BCUT2D eigenvalue weighted by Crippen LogP contribution is 2.36. The first-order valence-corrected chi connectivity index (χ1v) is 13.2. The van der Waals surface area contributed by atoms with E-state index < -0.39 is 24.4 Å². The van der Waals surface area contributed by atoms with Crippen LogP contribution in [0.5, 0.6) is 5.75 Å². The van der Waals surface area contributed by atoms with Crippen molar-refractivity contribution in [2.75, 3.05) is 0 Å². The van der Waals surface area contributed by atoms with Gasteiger partial charge in [0.05, 0.1) is 15.6 Å². The SMILES string of the molecule is Cc1cc(OCc2c(C(F)(F)F)nnn2-c2c(Cl)cccc2Cl)ccc1-c1ccc2c(C(=O)O)cn(C(C)C)c2c1. The van der Waals surface area contributed by atoms with Crippen LogP contribution in [-0.2, 0) is 12.8 Å². The van der Waals surface area contributed by atoms with Crippen LogP contribution in [-0.4, -0.2) is 30.6 Å². The molecule has 0 aliphatic heterocycles. The molecule has 12 heteroatoms. The van der Waals surface area contributed by atoms with Gasteiger partial charge in [-0.25, -0.2) is 9.48 Å². The zero-order valence-electron chi connectivity index (χ0n) is 22.0. The van der Waals surface area contributed by atoms with E-state index in [2.05, 4.69) is 10.3 Å². The molecule has 0 radical (unpaired) electrons. The molecule has 0 atom stereocenters. The Labute approximate surface area is 242 Å². The Bertz CT molecular complexity index is 1770. The lowest BCUT2D eigenvalue weighted by Gasteiger charge is -2.15. The summed E-state index contributed by atoms with van der Waals surface area (Å²) in [6.07, 6.45) is -3.15. The van der Waals surface area contributed by atoms with Crippen molar-refractivity contribution in [3.8, 4) is 22.6 Å². The van der Waals surface area contributed by atoms with E-state index in [1.165, 1.54) is 12.1 Å². The van der Waals surface area contributed by atoms with Crippen molar-refractivity contribution in [3.63, 3.8) is 0 Å². The molecule has 0 saturated carbocycles. The summed E-state index contributed by atoms with van der Waals surface area (Å²) in [7, 11) is 0. The van der Waals surface area contributed by atoms with Crippen LogP contribution in [0.15, 0.2) is 60.8 Å². The predicted molar refractivity (Wildman–Crippen MR) is 150 cm³/mol. The highest BCUT2D eigenvalue weighted by molar-refractivity contribution is 6.37. The summed E-state index contributed by atoms with van der Waals surface area (Å²) in [5.41, 5.74) is 2.04. The van der Waals surface area contributed by atoms with Crippen LogP contribution in [0.25, 0.3) is 27.7 Å². The molecule has 5 aromatic rings. The zero-order chi connectivity index (χ0) is 29.6. The Morgan fingerprint density at radius 2 is 1.78 bits per heavy atom. The number of aromatic carboxylic acids is 1. The molecule has 0 amide bonds. The lowest BCUT2D eigenvalue weighted by molar-refractivity contribution is -0.142. The van der Waals surface area contributed by atoms with Crippen LogP contribution in [0.4, 0.5) is 13.2 Å². The summed E-state index contributed by atoms with van der Waals surface area (Å²) >= 11 is 12.5. The van der Waals surface area contributed by atoms with Crippen molar-refractivity contribution >= 4 is 40.1 Å². The number of rotatable bonds is 7. The Morgan fingerprint density at radius 1 is 1.07 bits per heavy atom. The monoisotopic (exact) mass is 602 g/mol. The van der Waals surface area contributed by atoms with E-state index in [1.54, 1.807) is 36.5 Å². The van der Waals surface area contributed by atoms with Crippen molar-refractivity contribution in [2.45, 2.75) is 39.6 Å². The van der Waals surface area contributed by atoms with Gasteiger partial charge in [0.1, 0.15) is 23.7 Å². The first kappa shape index (κ1) is 28.5. The molecule has 7 nitrogen and oxygen atoms in total. The van der Waals surface area contributed by atoms with E-state index >= 15 is 0 Å². The molecule has 0 unspecified atom stereocenters. The number of para-hydroxylation sites is 1. The topological polar surface area (TPSA) is 82.2 Å². The van der Waals surface area contributed by atoms with Crippen LogP contribution >= 0.6 is 23.2 Å². The smallest absolute Gasteiger partial charge is 0.437 e. The van der Waals surface area contributed by atoms with E-state index in [0.717, 1.165) is 26.9 Å². The Kier molecular flexibility index (Phi) is 7.48. The van der Waals surface area contributed by atoms with Crippen molar-refractivity contribution in [2.24, 2.45) is 0 Å². The Morgan fingerprint density at radius 3 is 2.39 bits per heavy atom. The maximum atomic E-state index is 13.8. The third-order valence-electron chi connectivity index (χ3n) is 6.69. The number of nitrogens with zero attached hydrogens (tertiary/aromatic N) is 4. The molecule has 0 bridgehead atoms. The molecular formula is C29H23Cl2F3N4O3. The molecule has 0 aliphatic rings. The number of aromatic nitrogens is 4. The molecule has 1 N–H and O–H groups in total. The predicted octanol–water partition coefficient (Wildman–Crippen LogP) is 8.38. The summed E-state index contributed by atoms with van der Waals surface area (Å²) in [4.78, 5) is 11.7. The standard InChI is InChI=1S/C29H23Cl2F3N4O3/c1-15(2)37-13-21(28(39)40)20-9-7-17(12-24(20)37)19-10-8-18(11-16(19)3)41-14-25-27(29(32,33)34)35-36-38(25)26-22(30)5-4-6-23(26)31/h4-13,15H,14H2,1-3H3,(H,39,40). The number of aryl methyl sites for hydroxylation is 1. The van der Waals surface area contributed by atoms with Crippen LogP contribution in [0.2, 0.25) is 10.0 Å². The van der Waals surface area contributed by atoms with Gasteiger partial charge in [0.25, 0.3) is 0 Å². The quantitative estimate of drug-likeness (QED) is 0.202. The van der Waals surface area contributed by atoms with Crippen molar-refractivity contribution in [1.29, 1.82) is 0 Å². The largest absolute Gasteiger partial charge is 0.487 e. The minimum Gasteiger partial charge on any atom is -0.487 e. The summed E-state index contributed by atoms with van der Waals surface area (Å²) in [5.74, 6) is -0.668. The summed E-state index contributed by atoms with van der Waals surface area (Å²) in [6.45, 7) is 5.29. The number of carbonyl (C=O) groups is 1. The molecule has 2 heterocycles. The normalized spacial score (nSPS) is 11.9. The molecule has 3 aromatic carbocycles. The van der Waals surface area contributed by atoms with Crippen LogP contribution in [0.3, 0.4) is 0 Å². The van der Waals surface area contributed by atoms with Gasteiger partial charge in [-0.1, -0.05) is 52.7 Å². The van der Waals surface area contributed by atoms with Gasteiger partial charge in [-0.15, -0.1) is 5.10 Å². The number of alkyl halides is 3. The van der Waals surface area contributed by atoms with E-state index in [0.29, 0.717) is 11.1 Å². The minimum absolute atomic E-state index is 0.0443. The lowest BCUT2D eigenvalue weighted by Crippen LogP contribution is -2.14. The Balaban J connectivity index is 1.47. The lowest BCUT2D eigenvalue weighted by atomic mass is 9.99. The highest BCUT2D eigenvalue weighted by Gasteiger charge is 2.39. The number of ether oxygens (including phenoxy) is 1. The molecule has 0 aliphatic carbocycles. The van der Waals surface area contributed by atoms with Crippen molar-refractivity contribution < 1.29 is 27.8 Å². The molecule has 0 fully saturated rings. The number of fused-ring (bicyclic) bond motifs is 1. The maximum absolute atomic E-state index is 13.8. The van der Waals surface area contributed by atoms with Crippen molar-refractivity contribution in [3.05, 3.63) is 93.4 Å². The molecule has 41 heavy (non-hydrogen) atoms. The van der Waals surface area contributed by atoms with Crippen LogP contribution < -0.4 is 4.74 Å². The number of carboxylic acid groups (broad SMARTS) is 1. The van der Waals surface area contributed by atoms with Gasteiger partial charge < -0.3 is 14.4 Å². The van der Waals surface area contributed by atoms with E-state index in [1.807, 2.05) is 37.5 Å². The van der Waals surface area contributed by atoms with Gasteiger partial charge in [-0.3, -0.25) is 0 Å². The van der Waals surface area contributed by atoms with E-state index in [4.69, 9.17) is 27.9 Å². The highest BCUT2D eigenvalue weighted by atomic mass is 35.5. The fraction of sp³-hybridized carbons (Fsp3) is 0.207. The summed E-state index contributed by atoms with van der Waals surface area (Å²) in [6, 6.07) is 15.3. The van der Waals surface area contributed by atoms with Gasteiger partial charge >= 0.3 is 12.1 Å². The van der Waals surface area contributed by atoms with Crippen LogP contribution in [0.1, 0.15) is 47.2 Å². The summed E-state index contributed by atoms with van der Waals surface area (Å²) < 4.78 is 50.0. The van der Waals surface area contributed by atoms with Crippen LogP contribution in [0, 0.1) is 6.92 Å². The number of hydrogen-bond acceptors (Lipinski definition) is 4. The number of hydrogen-bond donors (Lipinski definition) is 1. The number of carboxylic acids is 1. The molecule has 0 saturated heterocycles. The van der Waals surface area contributed by atoms with Crippen molar-refractivity contribution in [1.82, 2.24) is 19.6 Å². The fourth-order valence-corrected chi connectivity index (χ4v) is 5.30. The van der Waals surface area contributed by atoms with Gasteiger partial charge in [0.15, 0.2) is 5.69 Å². The second-order valence-corrected chi connectivity index (χ2v) is 10.5. The fourth-order valence-electron chi connectivity index (χ4n) is 4.74. The second kappa shape index (κ2) is 10.8. The summed E-state index contributed by atoms with van der Waals surface area (Å²) in [5, 5.41) is 17.5. The Hall–Kier alpha value is -4.02. The average molecular weight is 603 g/mol. The third kappa shape index (κ3) is 5.37. The minimum atomic E-state index is -4.78. The van der Waals surface area contributed by atoms with E-state index in [-0.39, 0.29) is 33.0 Å². The number of halogens is 5. The maximum Gasteiger partial charge on any atom is 0.437 e. The number of benzene rings is 3. The zero-order valence-corrected chi connectivity index (χ0v) is 23.5. The van der Waals surface area contributed by atoms with Gasteiger partial charge in [0.2, 0.25) is 0 Å². The molecule has 212 valence electrons. The first-order chi connectivity index (χ1) is 19.4. The average Bonchev–Trinajstić information content (AvgIpc) is 3.49. The van der Waals surface area contributed by atoms with Gasteiger partial charge in [0, 0.05) is 23.1 Å². The molecule has 5 rings (SSSR count). The first-order valence-electron chi connectivity index (χ1n) is 12.4. The molecule has 0 spiro atoms. The molecular weight excluding hydrogens is 580 g/mol. The second-order valence-electron chi connectivity index (χ2n) is 9.71. The third-order valence-corrected chi connectivity index (χ3v) is 7.30.